The molecule has 3 N–H and O–H groups in total. The van der Waals surface area contributed by atoms with Crippen LogP contribution >= 0.6 is 11.6 Å². The topological polar surface area (TPSA) is 70.2 Å². The van der Waals surface area contributed by atoms with Gasteiger partial charge in [-0.1, -0.05) is 24.1 Å². The summed E-state index contributed by atoms with van der Waals surface area (Å²) in [5, 5.41) is 0.426. The summed E-state index contributed by atoms with van der Waals surface area (Å²) in [4.78, 5) is 0.220. The van der Waals surface area contributed by atoms with Gasteiger partial charge in [-0.25, -0.2) is 13.1 Å². The minimum atomic E-state index is -3.52. The molecule has 1 aliphatic heterocycles. The van der Waals surface area contributed by atoms with Gasteiger partial charge in [0.2, 0.25) is 10.0 Å². The van der Waals surface area contributed by atoms with E-state index in [9.17, 15) is 8.42 Å². The smallest absolute Gasteiger partial charge is 0.240 e. The number of hydrogen-bond donors (Lipinski definition) is 3. The number of fused-ring (bicyclic) bond motifs is 1. The summed E-state index contributed by atoms with van der Waals surface area (Å²) in [6.45, 7) is 0.903. The van der Waals surface area contributed by atoms with Crippen molar-refractivity contribution in [1.29, 1.82) is 0 Å². The molecule has 1 saturated carbocycles. The first-order chi connectivity index (χ1) is 9.56. The predicted molar refractivity (Wildman–Crippen MR) is 77.8 cm³/mol. The molecule has 2 fully saturated rings. The number of sulfonamides is 1. The van der Waals surface area contributed by atoms with Gasteiger partial charge in [-0.05, 0) is 37.0 Å². The summed E-state index contributed by atoms with van der Waals surface area (Å²) < 4.78 is 27.7. The maximum absolute atomic E-state index is 12.4. The molecule has 0 spiro atoms. The van der Waals surface area contributed by atoms with Crippen molar-refractivity contribution < 1.29 is 8.42 Å². The molecule has 0 bridgehead atoms. The van der Waals surface area contributed by atoms with E-state index in [0.717, 1.165) is 25.8 Å². The lowest BCUT2D eigenvalue weighted by Crippen LogP contribution is -2.52. The number of rotatable bonds is 3. The Hall–Kier alpha value is -0.660. The lowest BCUT2D eigenvalue weighted by atomic mass is 9.83. The highest BCUT2D eigenvalue weighted by Gasteiger charge is 2.38. The number of benzene rings is 1. The fourth-order valence-corrected chi connectivity index (χ4v) is 4.67. The first-order valence-electron chi connectivity index (χ1n) is 6.82. The van der Waals surface area contributed by atoms with Crippen molar-refractivity contribution in [3.8, 4) is 0 Å². The van der Waals surface area contributed by atoms with Crippen LogP contribution in [0, 0.1) is 5.92 Å². The third-order valence-corrected chi connectivity index (χ3v) is 5.80. The van der Waals surface area contributed by atoms with Crippen LogP contribution in [0.5, 0.6) is 0 Å². The molecule has 110 valence electrons. The lowest BCUT2D eigenvalue weighted by molar-refractivity contribution is 0.279. The van der Waals surface area contributed by atoms with Gasteiger partial charge in [-0.15, -0.1) is 0 Å². The molecule has 3 unspecified atom stereocenters. The molecule has 0 radical (unpaired) electrons. The third-order valence-electron chi connectivity index (χ3n) is 4.08. The highest BCUT2D eigenvalue weighted by molar-refractivity contribution is 7.89. The van der Waals surface area contributed by atoms with Crippen LogP contribution in [0.1, 0.15) is 19.3 Å². The van der Waals surface area contributed by atoms with E-state index in [0.29, 0.717) is 10.9 Å². The van der Waals surface area contributed by atoms with E-state index in [2.05, 4.69) is 15.6 Å². The summed E-state index contributed by atoms with van der Waals surface area (Å²) in [5.74, 6) is 0.496. The maximum atomic E-state index is 12.4. The van der Waals surface area contributed by atoms with E-state index >= 15 is 0 Å². The average molecular weight is 316 g/mol. The van der Waals surface area contributed by atoms with Crippen LogP contribution in [0.2, 0.25) is 5.02 Å². The van der Waals surface area contributed by atoms with Gasteiger partial charge in [-0.3, -0.25) is 10.9 Å². The highest BCUT2D eigenvalue weighted by atomic mass is 35.5. The van der Waals surface area contributed by atoms with Gasteiger partial charge in [-0.2, -0.15) is 0 Å². The van der Waals surface area contributed by atoms with E-state index in [1.54, 1.807) is 18.2 Å². The van der Waals surface area contributed by atoms with Gasteiger partial charge in [0, 0.05) is 23.7 Å². The molecule has 1 saturated heterocycles. The van der Waals surface area contributed by atoms with Crippen molar-refractivity contribution >= 4 is 21.6 Å². The molecule has 3 atom stereocenters. The van der Waals surface area contributed by atoms with Gasteiger partial charge in [0.1, 0.15) is 0 Å². The van der Waals surface area contributed by atoms with E-state index in [1.165, 1.54) is 6.07 Å². The van der Waals surface area contributed by atoms with E-state index in [1.807, 2.05) is 0 Å². The van der Waals surface area contributed by atoms with Gasteiger partial charge >= 0.3 is 0 Å². The second-order valence-electron chi connectivity index (χ2n) is 5.43. The zero-order chi connectivity index (χ0) is 14.2. The SMILES string of the molecule is O=S(=O)(NC1CCCC2CNNC21)c1cccc(Cl)c1. The molecule has 3 rings (SSSR count). The zero-order valence-corrected chi connectivity index (χ0v) is 12.5. The number of nitrogens with one attached hydrogen (secondary N) is 3. The molecule has 1 aliphatic carbocycles. The molecule has 5 nitrogen and oxygen atoms in total. The van der Waals surface area contributed by atoms with Gasteiger partial charge in [0.05, 0.1) is 4.90 Å². The highest BCUT2D eigenvalue weighted by Crippen LogP contribution is 2.28. The first kappa shape index (κ1) is 14.3. The van der Waals surface area contributed by atoms with Crippen molar-refractivity contribution in [2.45, 2.75) is 36.2 Å². The van der Waals surface area contributed by atoms with Crippen LogP contribution in [0.15, 0.2) is 29.2 Å². The molecule has 2 aliphatic rings. The number of hydrogen-bond acceptors (Lipinski definition) is 4. The van der Waals surface area contributed by atoms with Crippen molar-refractivity contribution in [2.75, 3.05) is 6.54 Å². The fourth-order valence-electron chi connectivity index (χ4n) is 3.08. The number of halogens is 1. The normalized spacial score (nSPS) is 30.1. The molecule has 0 amide bonds. The molecule has 20 heavy (non-hydrogen) atoms. The van der Waals surface area contributed by atoms with Crippen LogP contribution in [-0.4, -0.2) is 27.0 Å². The summed E-state index contributed by atoms with van der Waals surface area (Å²) in [6.07, 6.45) is 3.04. The van der Waals surface area contributed by atoms with Crippen molar-refractivity contribution in [3.63, 3.8) is 0 Å². The van der Waals surface area contributed by atoms with Crippen LogP contribution in [0.25, 0.3) is 0 Å². The Labute approximate surface area is 124 Å². The summed E-state index contributed by atoms with van der Waals surface area (Å²) in [5.41, 5.74) is 6.31. The van der Waals surface area contributed by atoms with Crippen LogP contribution in [-0.2, 0) is 10.0 Å². The zero-order valence-electron chi connectivity index (χ0n) is 11.0. The molecule has 1 aromatic carbocycles. The Morgan fingerprint density at radius 2 is 2.15 bits per heavy atom. The van der Waals surface area contributed by atoms with E-state index < -0.39 is 10.0 Å². The van der Waals surface area contributed by atoms with Crippen LogP contribution < -0.4 is 15.6 Å². The Morgan fingerprint density at radius 3 is 2.95 bits per heavy atom. The monoisotopic (exact) mass is 315 g/mol. The third kappa shape index (κ3) is 2.84. The Bertz CT molecular complexity index is 593. The summed E-state index contributed by atoms with van der Waals surface area (Å²) >= 11 is 5.87. The van der Waals surface area contributed by atoms with Crippen molar-refractivity contribution in [2.24, 2.45) is 5.92 Å². The standard InChI is InChI=1S/C13H18ClN3O2S/c14-10-4-2-5-11(7-10)20(18,19)17-12-6-1-3-9-8-15-16-13(9)12/h2,4-5,7,9,12-13,15-17H,1,3,6,8H2. The Kier molecular flexibility index (Phi) is 4.01. The summed E-state index contributed by atoms with van der Waals surface area (Å²) in [6, 6.07) is 6.44. The van der Waals surface area contributed by atoms with Gasteiger partial charge in [0.25, 0.3) is 0 Å². The molecular weight excluding hydrogens is 298 g/mol. The largest absolute Gasteiger partial charge is 0.257 e. The van der Waals surface area contributed by atoms with Crippen LogP contribution in [0.4, 0.5) is 0 Å². The fraction of sp³-hybridized carbons (Fsp3) is 0.538. The van der Waals surface area contributed by atoms with E-state index in [-0.39, 0.29) is 17.0 Å². The summed E-state index contributed by atoms with van der Waals surface area (Å²) in [7, 11) is -3.52. The molecule has 1 aromatic rings. The average Bonchev–Trinajstić information content (AvgIpc) is 2.88. The molecule has 0 aromatic heterocycles. The second kappa shape index (κ2) is 5.61. The molecule has 1 heterocycles. The quantitative estimate of drug-likeness (QED) is 0.785. The maximum Gasteiger partial charge on any atom is 0.240 e. The first-order valence-corrected chi connectivity index (χ1v) is 8.69. The van der Waals surface area contributed by atoms with Gasteiger partial charge in [0.15, 0.2) is 0 Å². The van der Waals surface area contributed by atoms with Crippen molar-refractivity contribution in [3.05, 3.63) is 29.3 Å². The van der Waals surface area contributed by atoms with Crippen LogP contribution in [0.3, 0.4) is 0 Å². The predicted octanol–water partition coefficient (Wildman–Crippen LogP) is 1.26. The van der Waals surface area contributed by atoms with Crippen molar-refractivity contribution in [1.82, 2.24) is 15.6 Å². The van der Waals surface area contributed by atoms with Gasteiger partial charge < -0.3 is 0 Å². The minimum Gasteiger partial charge on any atom is -0.257 e. The Balaban J connectivity index is 1.79. The molecular formula is C13H18ClN3O2S. The lowest BCUT2D eigenvalue weighted by Gasteiger charge is -2.33. The Morgan fingerprint density at radius 1 is 1.30 bits per heavy atom. The molecule has 7 heteroatoms. The van der Waals surface area contributed by atoms with E-state index in [4.69, 9.17) is 11.6 Å². The second-order valence-corrected chi connectivity index (χ2v) is 7.58. The number of hydrazine groups is 1. The minimum absolute atomic E-state index is 0.0762.